The van der Waals surface area contributed by atoms with Gasteiger partial charge in [0.15, 0.2) is 6.61 Å². The van der Waals surface area contributed by atoms with Gasteiger partial charge < -0.3 is 18.8 Å². The van der Waals surface area contributed by atoms with Crippen LogP contribution in [-0.2, 0) is 0 Å². The Bertz CT molecular complexity index is 1120. The molecule has 0 bridgehead atoms. The zero-order valence-corrected chi connectivity index (χ0v) is 17.5. The molecule has 0 unspecified atom stereocenters. The number of carbonyl (C=O) groups is 1. The molecular weight excluding hydrogens is 427 g/mol. The molecule has 1 fully saturated rings. The van der Waals surface area contributed by atoms with Gasteiger partial charge in [-0.25, -0.2) is 15.0 Å². The number of aryl methyl sites for hydroxylation is 1. The van der Waals surface area contributed by atoms with Crippen LogP contribution in [0.4, 0.5) is 13.2 Å². The maximum Gasteiger partial charge on any atom is 0.422 e. The average Bonchev–Trinajstić information content (AvgIpc) is 3.14. The van der Waals surface area contributed by atoms with E-state index in [9.17, 15) is 18.0 Å². The Balaban J connectivity index is 1.52. The molecule has 0 spiro atoms. The van der Waals surface area contributed by atoms with Gasteiger partial charge in [-0.3, -0.25) is 4.79 Å². The van der Waals surface area contributed by atoms with Gasteiger partial charge in [-0.15, -0.1) is 0 Å². The van der Waals surface area contributed by atoms with E-state index in [1.165, 1.54) is 18.3 Å². The van der Waals surface area contributed by atoms with Crippen LogP contribution in [0.1, 0.15) is 35.8 Å². The molecular formula is C21H22F3N5O3. The molecule has 4 rings (SSSR count). The number of alkyl halides is 3. The number of piperidine rings is 1. The van der Waals surface area contributed by atoms with Crippen LogP contribution in [0, 0.1) is 6.92 Å². The summed E-state index contributed by atoms with van der Waals surface area (Å²) in [5.41, 5.74) is 1.38. The van der Waals surface area contributed by atoms with Crippen LogP contribution < -0.4 is 9.47 Å². The van der Waals surface area contributed by atoms with Crippen LogP contribution >= 0.6 is 0 Å². The van der Waals surface area contributed by atoms with E-state index in [4.69, 9.17) is 9.47 Å². The van der Waals surface area contributed by atoms with Crippen molar-refractivity contribution in [1.29, 1.82) is 0 Å². The number of likely N-dealkylation sites (tertiary alicyclic amines) is 1. The van der Waals surface area contributed by atoms with E-state index >= 15 is 0 Å². The van der Waals surface area contributed by atoms with Crippen molar-refractivity contribution in [3.8, 4) is 11.8 Å². The summed E-state index contributed by atoms with van der Waals surface area (Å²) in [6.07, 6.45) is 2.99. The number of hydrogen-bond donors (Lipinski definition) is 0. The van der Waals surface area contributed by atoms with E-state index in [0.717, 1.165) is 5.69 Å². The predicted molar refractivity (Wildman–Crippen MR) is 108 cm³/mol. The van der Waals surface area contributed by atoms with Gasteiger partial charge in [-0.1, -0.05) is 0 Å². The zero-order chi connectivity index (χ0) is 22.9. The maximum atomic E-state index is 13.2. The number of amides is 1. The standard InChI is InChI=1S/C21H22F3N5O3/c1-13-10-28-9-8-26-19(17(28)27-13)32-15-6-5-14(2)29(11-15)20(30)16-4-3-7-25-18(16)31-12-21(22,23)24/h3-4,7-10,14-15H,5-6,11-12H2,1-2H3/t14-,15-/m1/s1. The van der Waals surface area contributed by atoms with Crippen LogP contribution in [-0.4, -0.2) is 61.6 Å². The van der Waals surface area contributed by atoms with Crippen LogP contribution in [0.3, 0.4) is 0 Å². The summed E-state index contributed by atoms with van der Waals surface area (Å²) in [4.78, 5) is 27.3. The first-order chi connectivity index (χ1) is 15.2. The largest absolute Gasteiger partial charge is 0.470 e. The first-order valence-corrected chi connectivity index (χ1v) is 10.1. The Morgan fingerprint density at radius 3 is 2.78 bits per heavy atom. The fourth-order valence-electron chi connectivity index (χ4n) is 3.69. The molecule has 0 radical (unpaired) electrons. The highest BCUT2D eigenvalue weighted by molar-refractivity contribution is 5.96. The average molecular weight is 449 g/mol. The zero-order valence-electron chi connectivity index (χ0n) is 17.5. The van der Waals surface area contributed by atoms with E-state index in [0.29, 0.717) is 24.4 Å². The number of ether oxygens (including phenoxy) is 2. The van der Waals surface area contributed by atoms with Gasteiger partial charge in [0, 0.05) is 30.8 Å². The molecule has 2 atom stereocenters. The van der Waals surface area contributed by atoms with E-state index in [1.807, 2.05) is 24.4 Å². The highest BCUT2D eigenvalue weighted by Gasteiger charge is 2.34. The molecule has 0 aromatic carbocycles. The number of hydrogen-bond acceptors (Lipinski definition) is 6. The summed E-state index contributed by atoms with van der Waals surface area (Å²) in [6.45, 7) is 2.48. The Hall–Kier alpha value is -3.37. The first-order valence-electron chi connectivity index (χ1n) is 10.1. The van der Waals surface area contributed by atoms with E-state index in [-0.39, 0.29) is 30.1 Å². The fraction of sp³-hybridized carbons (Fsp3) is 0.429. The first kappa shape index (κ1) is 21.8. The number of carbonyl (C=O) groups excluding carboxylic acids is 1. The molecule has 1 aliphatic heterocycles. The Morgan fingerprint density at radius 1 is 1.22 bits per heavy atom. The van der Waals surface area contributed by atoms with Crippen molar-refractivity contribution in [2.75, 3.05) is 13.2 Å². The molecule has 4 heterocycles. The Labute approximate surface area is 182 Å². The van der Waals surface area contributed by atoms with Gasteiger partial charge in [0.25, 0.3) is 11.8 Å². The summed E-state index contributed by atoms with van der Waals surface area (Å²) in [5, 5.41) is 0. The normalized spacial score (nSPS) is 19.2. The molecule has 1 aliphatic rings. The summed E-state index contributed by atoms with van der Waals surface area (Å²) in [7, 11) is 0. The number of rotatable bonds is 5. The van der Waals surface area contributed by atoms with Crippen molar-refractivity contribution >= 4 is 11.6 Å². The molecule has 3 aromatic heterocycles. The minimum absolute atomic E-state index is 0.0200. The molecule has 0 saturated carbocycles. The summed E-state index contributed by atoms with van der Waals surface area (Å²) < 4.78 is 50.4. The SMILES string of the molecule is Cc1cn2ccnc(O[C@@H]3CC[C@@H](C)N(C(=O)c4cccnc4OCC(F)(F)F)C3)c2n1. The van der Waals surface area contributed by atoms with Crippen molar-refractivity contribution in [1.82, 2.24) is 24.3 Å². The smallest absolute Gasteiger partial charge is 0.422 e. The lowest BCUT2D eigenvalue weighted by molar-refractivity contribution is -0.154. The van der Waals surface area contributed by atoms with Crippen LogP contribution in [0.2, 0.25) is 0 Å². The molecule has 8 nitrogen and oxygen atoms in total. The van der Waals surface area contributed by atoms with Crippen LogP contribution in [0.5, 0.6) is 11.8 Å². The lowest BCUT2D eigenvalue weighted by Gasteiger charge is -2.37. The molecule has 1 amide bonds. The van der Waals surface area contributed by atoms with Gasteiger partial charge >= 0.3 is 6.18 Å². The minimum Gasteiger partial charge on any atom is -0.470 e. The van der Waals surface area contributed by atoms with Crippen molar-refractivity contribution in [3.63, 3.8) is 0 Å². The Kier molecular flexibility index (Phi) is 5.90. The predicted octanol–water partition coefficient (Wildman–Crippen LogP) is 3.45. The van der Waals surface area contributed by atoms with Crippen molar-refractivity contribution in [2.45, 2.75) is 45.0 Å². The quantitative estimate of drug-likeness (QED) is 0.594. The molecule has 170 valence electrons. The molecule has 1 saturated heterocycles. The second-order valence-electron chi connectivity index (χ2n) is 7.73. The molecule has 11 heteroatoms. The lowest BCUT2D eigenvalue weighted by Crippen LogP contribution is -2.49. The monoisotopic (exact) mass is 449 g/mol. The number of aromatic nitrogens is 4. The van der Waals surface area contributed by atoms with E-state index < -0.39 is 18.7 Å². The lowest BCUT2D eigenvalue weighted by atomic mass is 10.00. The molecule has 3 aromatic rings. The number of imidazole rings is 1. The van der Waals surface area contributed by atoms with Gasteiger partial charge in [0.1, 0.15) is 11.7 Å². The highest BCUT2D eigenvalue weighted by Crippen LogP contribution is 2.27. The number of nitrogens with zero attached hydrogens (tertiary/aromatic N) is 5. The molecule has 0 aliphatic carbocycles. The fourth-order valence-corrected chi connectivity index (χ4v) is 3.69. The van der Waals surface area contributed by atoms with Gasteiger partial charge in [-0.2, -0.15) is 13.2 Å². The summed E-state index contributed by atoms with van der Waals surface area (Å²) >= 11 is 0. The van der Waals surface area contributed by atoms with Gasteiger partial charge in [0.2, 0.25) is 11.5 Å². The second kappa shape index (κ2) is 8.64. The topological polar surface area (TPSA) is 81.9 Å². The molecule has 0 N–H and O–H groups in total. The summed E-state index contributed by atoms with van der Waals surface area (Å²) in [6, 6.07) is 2.77. The minimum atomic E-state index is -4.53. The number of halogens is 3. The summed E-state index contributed by atoms with van der Waals surface area (Å²) in [5.74, 6) is -0.439. The van der Waals surface area contributed by atoms with E-state index in [1.54, 1.807) is 17.3 Å². The highest BCUT2D eigenvalue weighted by atomic mass is 19.4. The van der Waals surface area contributed by atoms with Gasteiger partial charge in [0.05, 0.1) is 12.2 Å². The third-order valence-electron chi connectivity index (χ3n) is 5.22. The second-order valence-corrected chi connectivity index (χ2v) is 7.73. The Morgan fingerprint density at radius 2 is 2.00 bits per heavy atom. The third-order valence-corrected chi connectivity index (χ3v) is 5.22. The van der Waals surface area contributed by atoms with Crippen molar-refractivity contribution < 1.29 is 27.4 Å². The van der Waals surface area contributed by atoms with Crippen molar-refractivity contribution in [3.05, 3.63) is 48.2 Å². The van der Waals surface area contributed by atoms with Crippen LogP contribution in [0.25, 0.3) is 5.65 Å². The molecule has 32 heavy (non-hydrogen) atoms. The maximum absolute atomic E-state index is 13.2. The van der Waals surface area contributed by atoms with Crippen molar-refractivity contribution in [2.24, 2.45) is 0 Å². The number of fused-ring (bicyclic) bond motifs is 1. The van der Waals surface area contributed by atoms with Crippen LogP contribution in [0.15, 0.2) is 36.9 Å². The van der Waals surface area contributed by atoms with E-state index in [2.05, 4.69) is 15.0 Å². The third kappa shape index (κ3) is 4.76. The number of pyridine rings is 1. The van der Waals surface area contributed by atoms with Gasteiger partial charge in [-0.05, 0) is 38.8 Å².